The lowest BCUT2D eigenvalue weighted by molar-refractivity contribution is 0.748. The van der Waals surface area contributed by atoms with Crippen LogP contribution in [0.4, 0.5) is 0 Å². The fourth-order valence-corrected chi connectivity index (χ4v) is 2.26. The van der Waals surface area contributed by atoms with Gasteiger partial charge in [0.05, 0.1) is 23.9 Å². The molecule has 3 nitrogen and oxygen atoms in total. The predicted molar refractivity (Wildman–Crippen MR) is 67.9 cm³/mol. The van der Waals surface area contributed by atoms with E-state index in [1.807, 2.05) is 31.6 Å². The summed E-state index contributed by atoms with van der Waals surface area (Å²) in [5.41, 5.74) is 8.09. The van der Waals surface area contributed by atoms with Gasteiger partial charge in [-0.05, 0) is 25.3 Å². The Morgan fingerprint density at radius 2 is 2.12 bits per heavy atom. The first-order valence-electron chi connectivity index (χ1n) is 5.15. The van der Waals surface area contributed by atoms with Gasteiger partial charge in [0.25, 0.3) is 0 Å². The highest BCUT2D eigenvalue weighted by Crippen LogP contribution is 2.25. The van der Waals surface area contributed by atoms with Gasteiger partial charge in [-0.2, -0.15) is 0 Å². The summed E-state index contributed by atoms with van der Waals surface area (Å²) >= 11 is 1.72. The molecule has 1 aromatic carbocycles. The van der Waals surface area contributed by atoms with Gasteiger partial charge in [-0.25, -0.2) is 4.98 Å². The van der Waals surface area contributed by atoms with Gasteiger partial charge in [-0.3, -0.25) is 0 Å². The molecule has 1 heterocycles. The standard InChI is InChI=1S/C12H15N3S/c1-9(13)11-7-14-8-15(11)10-5-3-4-6-12(10)16-2/h3-9H,13H2,1-2H3. The van der Waals surface area contributed by atoms with Crippen molar-refractivity contribution in [2.45, 2.75) is 17.9 Å². The molecule has 0 amide bonds. The Bertz CT molecular complexity index is 477. The van der Waals surface area contributed by atoms with E-state index >= 15 is 0 Å². The molecule has 84 valence electrons. The molecule has 16 heavy (non-hydrogen) atoms. The molecule has 2 aromatic rings. The van der Waals surface area contributed by atoms with Crippen molar-refractivity contribution in [2.75, 3.05) is 6.26 Å². The number of benzene rings is 1. The third kappa shape index (κ3) is 1.99. The zero-order valence-corrected chi connectivity index (χ0v) is 10.2. The van der Waals surface area contributed by atoms with Crippen molar-refractivity contribution < 1.29 is 0 Å². The molecular weight excluding hydrogens is 218 g/mol. The summed E-state index contributed by atoms with van der Waals surface area (Å²) in [7, 11) is 0. The normalized spacial score (nSPS) is 12.7. The van der Waals surface area contributed by atoms with Gasteiger partial charge >= 0.3 is 0 Å². The van der Waals surface area contributed by atoms with Crippen LogP contribution in [0.3, 0.4) is 0 Å². The third-order valence-electron chi connectivity index (χ3n) is 2.48. The molecule has 0 radical (unpaired) electrons. The van der Waals surface area contributed by atoms with Crippen LogP contribution in [0.15, 0.2) is 41.7 Å². The van der Waals surface area contributed by atoms with E-state index in [2.05, 4.69) is 27.9 Å². The molecule has 0 aliphatic carbocycles. The molecule has 0 aliphatic rings. The molecule has 0 aliphatic heterocycles. The van der Waals surface area contributed by atoms with Crippen LogP contribution in [0.1, 0.15) is 18.7 Å². The van der Waals surface area contributed by atoms with E-state index in [-0.39, 0.29) is 6.04 Å². The molecule has 2 rings (SSSR count). The van der Waals surface area contributed by atoms with Crippen molar-refractivity contribution in [1.82, 2.24) is 9.55 Å². The Morgan fingerprint density at radius 1 is 1.38 bits per heavy atom. The Morgan fingerprint density at radius 3 is 2.81 bits per heavy atom. The molecule has 1 unspecified atom stereocenters. The molecular formula is C12H15N3S. The average molecular weight is 233 g/mol. The zero-order valence-electron chi connectivity index (χ0n) is 9.42. The van der Waals surface area contributed by atoms with Crippen LogP contribution in [0.2, 0.25) is 0 Å². The van der Waals surface area contributed by atoms with Gasteiger partial charge in [-0.1, -0.05) is 12.1 Å². The maximum atomic E-state index is 5.92. The minimum atomic E-state index is -0.0163. The maximum Gasteiger partial charge on any atom is 0.0995 e. The number of rotatable bonds is 3. The Labute approximate surface area is 99.7 Å². The highest BCUT2D eigenvalue weighted by atomic mass is 32.2. The van der Waals surface area contributed by atoms with Crippen LogP contribution in [0.25, 0.3) is 5.69 Å². The van der Waals surface area contributed by atoms with Crippen molar-refractivity contribution in [2.24, 2.45) is 5.73 Å². The van der Waals surface area contributed by atoms with Gasteiger partial charge in [0, 0.05) is 10.9 Å². The largest absolute Gasteiger partial charge is 0.323 e. The van der Waals surface area contributed by atoms with E-state index in [1.165, 1.54) is 4.90 Å². The Balaban J connectivity index is 2.54. The Hall–Kier alpha value is -1.26. The van der Waals surface area contributed by atoms with Crippen molar-refractivity contribution in [1.29, 1.82) is 0 Å². The van der Waals surface area contributed by atoms with Crippen LogP contribution in [0.5, 0.6) is 0 Å². The second-order valence-electron chi connectivity index (χ2n) is 3.65. The van der Waals surface area contributed by atoms with E-state index in [0.717, 1.165) is 11.4 Å². The van der Waals surface area contributed by atoms with Crippen molar-refractivity contribution >= 4 is 11.8 Å². The lowest BCUT2D eigenvalue weighted by Crippen LogP contribution is -2.11. The van der Waals surface area contributed by atoms with E-state index in [4.69, 9.17) is 5.73 Å². The van der Waals surface area contributed by atoms with Crippen LogP contribution < -0.4 is 5.73 Å². The number of aromatic nitrogens is 2. The number of thioether (sulfide) groups is 1. The molecule has 1 atom stereocenters. The first-order valence-corrected chi connectivity index (χ1v) is 6.37. The van der Waals surface area contributed by atoms with Gasteiger partial charge < -0.3 is 10.3 Å². The fraction of sp³-hybridized carbons (Fsp3) is 0.250. The van der Waals surface area contributed by atoms with E-state index < -0.39 is 0 Å². The minimum Gasteiger partial charge on any atom is -0.323 e. The first kappa shape index (κ1) is 11.2. The summed E-state index contributed by atoms with van der Waals surface area (Å²) < 4.78 is 2.05. The predicted octanol–water partition coefficient (Wildman–Crippen LogP) is 2.61. The molecule has 0 spiro atoms. The average Bonchev–Trinajstić information content (AvgIpc) is 2.77. The highest BCUT2D eigenvalue weighted by molar-refractivity contribution is 7.98. The number of imidazole rings is 1. The quantitative estimate of drug-likeness (QED) is 0.829. The molecule has 1 aromatic heterocycles. The Kier molecular flexibility index (Phi) is 3.31. The molecule has 0 fully saturated rings. The maximum absolute atomic E-state index is 5.92. The smallest absolute Gasteiger partial charge is 0.0995 e. The summed E-state index contributed by atoms with van der Waals surface area (Å²) in [6.45, 7) is 1.97. The second kappa shape index (κ2) is 4.72. The number of nitrogens with two attached hydrogens (primary N) is 1. The van der Waals surface area contributed by atoms with Gasteiger partial charge in [-0.15, -0.1) is 11.8 Å². The van der Waals surface area contributed by atoms with E-state index in [0.29, 0.717) is 0 Å². The summed E-state index contributed by atoms with van der Waals surface area (Å²) in [5.74, 6) is 0. The molecule has 4 heteroatoms. The number of para-hydroxylation sites is 1. The molecule has 2 N–H and O–H groups in total. The SMILES string of the molecule is CSc1ccccc1-n1cncc1C(C)N. The van der Waals surface area contributed by atoms with Crippen molar-refractivity contribution in [3.63, 3.8) is 0 Å². The summed E-state index contributed by atoms with van der Waals surface area (Å²) in [6, 6.07) is 8.24. The summed E-state index contributed by atoms with van der Waals surface area (Å²) in [6.07, 6.45) is 5.71. The van der Waals surface area contributed by atoms with Gasteiger partial charge in [0.15, 0.2) is 0 Å². The summed E-state index contributed by atoms with van der Waals surface area (Å²) in [5, 5.41) is 0. The molecule has 0 bridgehead atoms. The summed E-state index contributed by atoms with van der Waals surface area (Å²) in [4.78, 5) is 5.39. The van der Waals surface area contributed by atoms with Gasteiger partial charge in [0.2, 0.25) is 0 Å². The number of hydrogen-bond acceptors (Lipinski definition) is 3. The highest BCUT2D eigenvalue weighted by Gasteiger charge is 2.10. The first-order chi connectivity index (χ1) is 7.74. The third-order valence-corrected chi connectivity index (χ3v) is 3.26. The van der Waals surface area contributed by atoms with Crippen molar-refractivity contribution in [3.8, 4) is 5.69 Å². The van der Waals surface area contributed by atoms with Gasteiger partial charge in [0.1, 0.15) is 0 Å². The molecule has 0 saturated heterocycles. The van der Waals surface area contributed by atoms with E-state index in [1.54, 1.807) is 11.8 Å². The topological polar surface area (TPSA) is 43.8 Å². The number of hydrogen-bond donors (Lipinski definition) is 1. The number of nitrogens with zero attached hydrogens (tertiary/aromatic N) is 2. The molecule has 0 saturated carbocycles. The fourth-order valence-electron chi connectivity index (χ4n) is 1.67. The lowest BCUT2D eigenvalue weighted by atomic mass is 10.2. The van der Waals surface area contributed by atoms with Crippen LogP contribution in [-0.2, 0) is 0 Å². The van der Waals surface area contributed by atoms with Crippen molar-refractivity contribution in [3.05, 3.63) is 42.5 Å². The van der Waals surface area contributed by atoms with Crippen LogP contribution in [-0.4, -0.2) is 15.8 Å². The minimum absolute atomic E-state index is 0.0163. The second-order valence-corrected chi connectivity index (χ2v) is 4.50. The van der Waals surface area contributed by atoms with E-state index in [9.17, 15) is 0 Å². The lowest BCUT2D eigenvalue weighted by Gasteiger charge is -2.13. The monoisotopic (exact) mass is 233 g/mol. The van der Waals surface area contributed by atoms with Crippen LogP contribution >= 0.6 is 11.8 Å². The zero-order chi connectivity index (χ0) is 11.5. The van der Waals surface area contributed by atoms with Crippen LogP contribution in [0, 0.1) is 0 Å².